The Morgan fingerprint density at radius 1 is 1.39 bits per heavy atom. The lowest BCUT2D eigenvalue weighted by Gasteiger charge is -2.25. The molecule has 118 valence electrons. The summed E-state index contributed by atoms with van der Waals surface area (Å²) in [7, 11) is 0. The van der Waals surface area contributed by atoms with Crippen molar-refractivity contribution in [1.82, 2.24) is 14.8 Å². The zero-order valence-electron chi connectivity index (χ0n) is 12.9. The summed E-state index contributed by atoms with van der Waals surface area (Å²) in [6.07, 6.45) is 5.78. The van der Waals surface area contributed by atoms with E-state index in [0.717, 1.165) is 5.56 Å². The quantitative estimate of drug-likeness (QED) is 0.842. The molecular weight excluding hydrogens is 310 g/mol. The fraction of sp³-hybridized carbons (Fsp3) is 0.188. The number of primary amides is 1. The first kappa shape index (κ1) is 15.4. The van der Waals surface area contributed by atoms with Crippen LogP contribution in [0.1, 0.15) is 18.5 Å². The first-order valence-corrected chi connectivity index (χ1v) is 8.34. The van der Waals surface area contributed by atoms with E-state index in [4.69, 9.17) is 5.73 Å². The van der Waals surface area contributed by atoms with Gasteiger partial charge in [-0.25, -0.2) is 4.68 Å². The topological polar surface area (TPSA) is 85.8 Å². The van der Waals surface area contributed by atoms with Crippen LogP contribution in [0.2, 0.25) is 0 Å². The molecule has 2 heterocycles. The molecule has 23 heavy (non-hydrogen) atoms. The van der Waals surface area contributed by atoms with Crippen molar-refractivity contribution in [2.45, 2.75) is 18.1 Å². The van der Waals surface area contributed by atoms with Crippen LogP contribution in [0.4, 0.5) is 5.95 Å². The number of anilines is 1. The molecule has 0 saturated heterocycles. The minimum atomic E-state index is -0.468. The van der Waals surface area contributed by atoms with Crippen LogP contribution in [0, 0.1) is 0 Å². The van der Waals surface area contributed by atoms with E-state index >= 15 is 0 Å². The smallest absolute Gasteiger partial charge is 0.248 e. The van der Waals surface area contributed by atoms with Gasteiger partial charge in [0.2, 0.25) is 17.0 Å². The number of thioether (sulfide) groups is 1. The Morgan fingerprint density at radius 2 is 2.13 bits per heavy atom. The number of carbonyl (C=O) groups is 1. The lowest BCUT2D eigenvalue weighted by molar-refractivity contribution is -0.115. The van der Waals surface area contributed by atoms with Crippen molar-refractivity contribution in [3.05, 3.63) is 53.2 Å². The van der Waals surface area contributed by atoms with E-state index in [1.807, 2.05) is 55.7 Å². The molecule has 0 aliphatic carbocycles. The SMILES string of the molecule is CSc1nc2n(n1)[C@@H](/C=C\c1ccccc1)C(C(N)=O)=C(C)N2. The molecule has 1 atom stereocenters. The van der Waals surface area contributed by atoms with Gasteiger partial charge < -0.3 is 11.1 Å². The van der Waals surface area contributed by atoms with Gasteiger partial charge in [-0.3, -0.25) is 4.79 Å². The van der Waals surface area contributed by atoms with Gasteiger partial charge in [0.15, 0.2) is 0 Å². The molecule has 3 rings (SSSR count). The van der Waals surface area contributed by atoms with Crippen LogP contribution >= 0.6 is 11.8 Å². The molecule has 1 aromatic heterocycles. The van der Waals surface area contributed by atoms with Gasteiger partial charge in [-0.2, -0.15) is 4.98 Å². The number of aromatic nitrogens is 3. The summed E-state index contributed by atoms with van der Waals surface area (Å²) in [5, 5.41) is 8.18. The number of fused-ring (bicyclic) bond motifs is 1. The van der Waals surface area contributed by atoms with Crippen molar-refractivity contribution in [2.75, 3.05) is 11.6 Å². The predicted molar refractivity (Wildman–Crippen MR) is 91.8 cm³/mol. The second-order valence-corrected chi connectivity index (χ2v) is 5.88. The van der Waals surface area contributed by atoms with E-state index in [2.05, 4.69) is 15.4 Å². The van der Waals surface area contributed by atoms with Crippen LogP contribution in [-0.2, 0) is 4.79 Å². The summed E-state index contributed by atoms with van der Waals surface area (Å²) in [5.41, 5.74) is 7.81. The highest BCUT2D eigenvalue weighted by Gasteiger charge is 2.30. The van der Waals surface area contributed by atoms with Gasteiger partial charge in [-0.1, -0.05) is 54.2 Å². The van der Waals surface area contributed by atoms with Crippen molar-refractivity contribution >= 4 is 29.7 Å². The van der Waals surface area contributed by atoms with Gasteiger partial charge in [0.05, 0.1) is 5.57 Å². The lowest BCUT2D eigenvalue weighted by atomic mass is 10.0. The third-order valence-corrected chi connectivity index (χ3v) is 4.13. The molecule has 1 amide bonds. The van der Waals surface area contributed by atoms with Crippen LogP contribution < -0.4 is 11.1 Å². The molecule has 0 bridgehead atoms. The molecule has 0 saturated carbocycles. The fourth-order valence-electron chi connectivity index (χ4n) is 2.52. The van der Waals surface area contributed by atoms with Crippen LogP contribution in [0.25, 0.3) is 6.08 Å². The molecule has 1 aliphatic heterocycles. The van der Waals surface area contributed by atoms with Crippen molar-refractivity contribution in [2.24, 2.45) is 5.73 Å². The fourth-order valence-corrected chi connectivity index (χ4v) is 2.87. The van der Waals surface area contributed by atoms with Crippen molar-refractivity contribution in [3.63, 3.8) is 0 Å². The van der Waals surface area contributed by atoms with Crippen LogP contribution in [0.3, 0.4) is 0 Å². The zero-order valence-corrected chi connectivity index (χ0v) is 13.7. The number of nitrogens with two attached hydrogens (primary N) is 1. The Morgan fingerprint density at radius 3 is 2.78 bits per heavy atom. The van der Waals surface area contributed by atoms with Crippen molar-refractivity contribution in [3.8, 4) is 0 Å². The third kappa shape index (κ3) is 3.00. The summed E-state index contributed by atoms with van der Waals surface area (Å²) in [4.78, 5) is 16.3. The molecule has 3 N–H and O–H groups in total. The minimum Gasteiger partial charge on any atom is -0.366 e. The van der Waals surface area contributed by atoms with Crippen LogP contribution in [0.15, 0.2) is 52.8 Å². The third-order valence-electron chi connectivity index (χ3n) is 3.59. The van der Waals surface area contributed by atoms with E-state index in [9.17, 15) is 4.79 Å². The van der Waals surface area contributed by atoms with E-state index < -0.39 is 5.91 Å². The average Bonchev–Trinajstić information content (AvgIpc) is 2.95. The number of amides is 1. The van der Waals surface area contributed by atoms with E-state index in [1.165, 1.54) is 11.8 Å². The number of rotatable bonds is 4. The van der Waals surface area contributed by atoms with Crippen LogP contribution in [-0.4, -0.2) is 26.9 Å². The maximum absolute atomic E-state index is 11.9. The van der Waals surface area contributed by atoms with Gasteiger partial charge >= 0.3 is 0 Å². The van der Waals surface area contributed by atoms with Gasteiger partial charge in [-0.15, -0.1) is 5.10 Å². The summed E-state index contributed by atoms with van der Waals surface area (Å²) < 4.78 is 1.69. The number of nitrogens with one attached hydrogen (secondary N) is 1. The molecule has 0 unspecified atom stereocenters. The highest BCUT2D eigenvalue weighted by atomic mass is 32.2. The lowest BCUT2D eigenvalue weighted by Crippen LogP contribution is -2.30. The number of benzene rings is 1. The van der Waals surface area contributed by atoms with E-state index in [0.29, 0.717) is 22.4 Å². The maximum atomic E-state index is 11.9. The molecule has 1 aliphatic rings. The Hall–Kier alpha value is -2.54. The van der Waals surface area contributed by atoms with Gasteiger partial charge in [-0.05, 0) is 18.7 Å². The molecule has 0 radical (unpaired) electrons. The number of hydrogen-bond donors (Lipinski definition) is 2. The zero-order chi connectivity index (χ0) is 16.4. The van der Waals surface area contributed by atoms with Crippen molar-refractivity contribution < 1.29 is 4.79 Å². The standard InChI is InChI=1S/C16H17N5OS/c1-10-13(14(17)22)12(9-8-11-6-4-3-5-7-11)21-15(18-10)19-16(20-21)23-2/h3-9,12H,1-2H3,(H2,17,22)(H,18,19,20)/b9-8-/t12-/m0/s1. The normalized spacial score (nSPS) is 17.2. The monoisotopic (exact) mass is 327 g/mol. The predicted octanol–water partition coefficient (Wildman–Crippen LogP) is 2.44. The Kier molecular flexibility index (Phi) is 4.20. The van der Waals surface area contributed by atoms with E-state index in [-0.39, 0.29) is 6.04 Å². The Bertz CT molecular complexity index is 794. The van der Waals surface area contributed by atoms with E-state index in [1.54, 1.807) is 4.68 Å². The molecule has 2 aromatic rings. The summed E-state index contributed by atoms with van der Waals surface area (Å²) in [5.74, 6) is 0.143. The highest BCUT2D eigenvalue weighted by molar-refractivity contribution is 7.98. The molecule has 0 fully saturated rings. The van der Waals surface area contributed by atoms with Crippen molar-refractivity contribution in [1.29, 1.82) is 0 Å². The average molecular weight is 327 g/mol. The molecule has 7 heteroatoms. The second-order valence-electron chi connectivity index (χ2n) is 5.11. The first-order chi connectivity index (χ1) is 11.1. The summed E-state index contributed by atoms with van der Waals surface area (Å²) in [6, 6.07) is 9.50. The molecule has 1 aromatic carbocycles. The summed E-state index contributed by atoms with van der Waals surface area (Å²) >= 11 is 1.45. The molecule has 6 nitrogen and oxygen atoms in total. The Balaban J connectivity index is 2.04. The van der Waals surface area contributed by atoms with Gasteiger partial charge in [0.25, 0.3) is 0 Å². The highest BCUT2D eigenvalue weighted by Crippen LogP contribution is 2.32. The summed E-state index contributed by atoms with van der Waals surface area (Å²) in [6.45, 7) is 1.82. The first-order valence-electron chi connectivity index (χ1n) is 7.11. The van der Waals surface area contributed by atoms with Gasteiger partial charge in [0, 0.05) is 5.70 Å². The molecule has 0 spiro atoms. The number of hydrogen-bond acceptors (Lipinski definition) is 5. The largest absolute Gasteiger partial charge is 0.366 e. The minimum absolute atomic E-state index is 0.377. The maximum Gasteiger partial charge on any atom is 0.248 e. The molecular formula is C16H17N5OS. The Labute approximate surface area is 138 Å². The number of carbonyl (C=O) groups excluding carboxylic acids is 1. The van der Waals surface area contributed by atoms with Crippen LogP contribution in [0.5, 0.6) is 0 Å². The second kappa shape index (κ2) is 6.29. The van der Waals surface area contributed by atoms with Gasteiger partial charge in [0.1, 0.15) is 6.04 Å². The number of nitrogens with zero attached hydrogens (tertiary/aromatic N) is 3. The number of allylic oxidation sites excluding steroid dienone is 2.